The third-order valence-electron chi connectivity index (χ3n) is 9.55. The number of rotatable bonds is 19. The summed E-state index contributed by atoms with van der Waals surface area (Å²) < 4.78 is 88.8. The van der Waals surface area contributed by atoms with Crippen LogP contribution in [0.4, 0.5) is 5.69 Å². The molecule has 0 N–H and O–H groups in total. The van der Waals surface area contributed by atoms with E-state index in [0.717, 1.165) is 59.5 Å². The summed E-state index contributed by atoms with van der Waals surface area (Å²) in [4.78, 5) is 2.41. The van der Waals surface area contributed by atoms with Gasteiger partial charge in [0.1, 0.15) is 12.4 Å². The van der Waals surface area contributed by atoms with Crippen LogP contribution >= 0.6 is 0 Å². The van der Waals surface area contributed by atoms with Gasteiger partial charge in [0.2, 0.25) is 10.0 Å². The molecule has 1 fully saturated rings. The zero-order valence-corrected chi connectivity index (χ0v) is 33.1. The maximum absolute atomic E-state index is 14.2. The van der Waals surface area contributed by atoms with Gasteiger partial charge in [-0.3, -0.25) is 4.18 Å². The Bertz CT molecular complexity index is 1820. The topological polar surface area (TPSA) is 130 Å². The van der Waals surface area contributed by atoms with Crippen molar-refractivity contribution >= 4 is 25.8 Å². The molecule has 0 spiro atoms. The number of piperidine rings is 1. The molecule has 0 bridgehead atoms. The summed E-state index contributed by atoms with van der Waals surface area (Å²) in [5.74, 6) is 0.542. The Balaban J connectivity index is 1.43. The fourth-order valence-electron chi connectivity index (χ4n) is 6.81. The van der Waals surface area contributed by atoms with E-state index in [1.807, 2.05) is 57.2 Å². The predicted octanol–water partition coefficient (Wildman–Crippen LogP) is 5.28. The second-order valence-electron chi connectivity index (χ2n) is 13.7. The number of fused-ring (bicyclic) bond motifs is 1. The average molecular weight is 775 g/mol. The fourth-order valence-corrected chi connectivity index (χ4v) is 8.85. The Morgan fingerprint density at radius 3 is 2.40 bits per heavy atom. The number of hydrogen-bond acceptors (Lipinski definition) is 11. The zero-order chi connectivity index (χ0) is 38.0. The molecule has 0 amide bonds. The summed E-state index contributed by atoms with van der Waals surface area (Å²) >= 11 is 0. The monoisotopic (exact) mass is 774 g/mol. The van der Waals surface area contributed by atoms with Crippen molar-refractivity contribution in [2.75, 3.05) is 70.9 Å². The van der Waals surface area contributed by atoms with E-state index in [1.54, 1.807) is 31.4 Å². The Morgan fingerprint density at radius 2 is 1.70 bits per heavy atom. The third-order valence-corrected chi connectivity index (χ3v) is 12.0. The molecule has 2 heterocycles. The lowest BCUT2D eigenvalue weighted by Gasteiger charge is -2.43. The first kappa shape index (κ1) is 41.1. The standard InChI is InChI=1S/C39H54N2O10S2/c1-6-48-30(3)25-47-26-31-10-13-33(14-11-31)36-23-34(28-51-52(5,42)43)41(53(44,45)35-15-8-29(2)9-16-35)24-39(36)50-27-32-12-17-38-37(22-32)40(19-21-49-38)18-7-20-46-4/h8-17,22,30,34,36,39H,6-7,18-21,23-28H2,1-5H3/t30-,34+,36-,39+/m1/s1. The molecular formula is C39H54N2O10S2. The van der Waals surface area contributed by atoms with Gasteiger partial charge in [0, 0.05) is 39.3 Å². The van der Waals surface area contributed by atoms with Crippen LogP contribution in [0.1, 0.15) is 54.9 Å². The highest BCUT2D eigenvalue weighted by molar-refractivity contribution is 7.89. The minimum Gasteiger partial charge on any atom is -0.490 e. The van der Waals surface area contributed by atoms with E-state index in [0.29, 0.717) is 33.0 Å². The van der Waals surface area contributed by atoms with Gasteiger partial charge in [0.25, 0.3) is 10.1 Å². The maximum Gasteiger partial charge on any atom is 0.264 e. The van der Waals surface area contributed by atoms with E-state index in [1.165, 1.54) is 4.31 Å². The molecule has 3 aromatic carbocycles. The summed E-state index contributed by atoms with van der Waals surface area (Å²) in [5.41, 5.74) is 4.77. The van der Waals surface area contributed by atoms with E-state index in [2.05, 4.69) is 11.0 Å². The lowest BCUT2D eigenvalue weighted by atomic mass is 9.84. The molecule has 0 saturated carbocycles. The van der Waals surface area contributed by atoms with Crippen molar-refractivity contribution in [3.05, 3.63) is 89.0 Å². The summed E-state index contributed by atoms with van der Waals surface area (Å²) in [6.45, 7) is 10.1. The quantitative estimate of drug-likeness (QED) is 0.117. The number of benzene rings is 3. The van der Waals surface area contributed by atoms with Crippen LogP contribution < -0.4 is 9.64 Å². The van der Waals surface area contributed by atoms with Gasteiger partial charge in [0.15, 0.2) is 0 Å². The summed E-state index contributed by atoms with van der Waals surface area (Å²) in [5, 5.41) is 0. The average Bonchev–Trinajstić information content (AvgIpc) is 3.13. The first-order valence-electron chi connectivity index (χ1n) is 18.2. The van der Waals surface area contributed by atoms with Crippen LogP contribution in [0.15, 0.2) is 71.6 Å². The van der Waals surface area contributed by atoms with Gasteiger partial charge in [0.05, 0.1) is 68.1 Å². The van der Waals surface area contributed by atoms with Crippen LogP contribution in [0.5, 0.6) is 5.75 Å². The van der Waals surface area contributed by atoms with Crippen molar-refractivity contribution in [3.8, 4) is 5.75 Å². The largest absolute Gasteiger partial charge is 0.490 e. The fraction of sp³-hybridized carbons (Fsp3) is 0.538. The molecule has 3 aromatic rings. The number of nitrogens with zero attached hydrogens (tertiary/aromatic N) is 2. The van der Waals surface area contributed by atoms with Crippen molar-refractivity contribution < 1.29 is 44.7 Å². The van der Waals surface area contributed by atoms with Crippen LogP contribution in [-0.2, 0) is 56.5 Å². The zero-order valence-electron chi connectivity index (χ0n) is 31.4. The van der Waals surface area contributed by atoms with E-state index in [-0.39, 0.29) is 43.1 Å². The molecule has 5 rings (SSSR count). The Morgan fingerprint density at radius 1 is 0.962 bits per heavy atom. The third kappa shape index (κ3) is 11.5. The molecule has 0 aromatic heterocycles. The minimum atomic E-state index is -4.06. The molecule has 53 heavy (non-hydrogen) atoms. The highest BCUT2D eigenvalue weighted by atomic mass is 32.2. The summed E-state index contributed by atoms with van der Waals surface area (Å²) in [7, 11) is -6.20. The van der Waals surface area contributed by atoms with Crippen molar-refractivity contribution in [1.82, 2.24) is 4.31 Å². The molecule has 1 saturated heterocycles. The van der Waals surface area contributed by atoms with Crippen molar-refractivity contribution in [1.29, 1.82) is 0 Å². The number of hydrogen-bond donors (Lipinski definition) is 0. The van der Waals surface area contributed by atoms with Gasteiger partial charge in [-0.25, -0.2) is 8.42 Å². The van der Waals surface area contributed by atoms with Gasteiger partial charge in [-0.1, -0.05) is 48.0 Å². The predicted molar refractivity (Wildman–Crippen MR) is 203 cm³/mol. The minimum absolute atomic E-state index is 0.00393. The highest BCUT2D eigenvalue weighted by Crippen LogP contribution is 2.38. The van der Waals surface area contributed by atoms with E-state index < -0.39 is 32.3 Å². The normalized spacial score (nSPS) is 20.2. The highest BCUT2D eigenvalue weighted by Gasteiger charge is 2.43. The van der Waals surface area contributed by atoms with Crippen LogP contribution in [0.25, 0.3) is 0 Å². The molecule has 2 aliphatic heterocycles. The van der Waals surface area contributed by atoms with Gasteiger partial charge < -0.3 is 28.6 Å². The summed E-state index contributed by atoms with van der Waals surface area (Å²) in [6, 6.07) is 19.9. The molecular weight excluding hydrogens is 721 g/mol. The first-order chi connectivity index (χ1) is 25.4. The van der Waals surface area contributed by atoms with Crippen LogP contribution in [0, 0.1) is 6.92 Å². The molecule has 292 valence electrons. The lowest BCUT2D eigenvalue weighted by molar-refractivity contribution is -0.0250. The maximum atomic E-state index is 14.2. The van der Waals surface area contributed by atoms with Gasteiger partial charge in [-0.2, -0.15) is 12.7 Å². The molecule has 14 heteroatoms. The Kier molecular flexibility index (Phi) is 14.7. The first-order valence-corrected chi connectivity index (χ1v) is 21.5. The Labute approximate surface area is 315 Å². The molecule has 2 aliphatic rings. The van der Waals surface area contributed by atoms with E-state index in [4.69, 9.17) is 27.9 Å². The van der Waals surface area contributed by atoms with Gasteiger partial charge in [-0.05, 0) is 74.6 Å². The molecule has 12 nitrogen and oxygen atoms in total. The number of sulfonamides is 1. The number of aryl methyl sites for hydroxylation is 1. The summed E-state index contributed by atoms with van der Waals surface area (Å²) in [6.07, 6.45) is 1.55. The van der Waals surface area contributed by atoms with Crippen molar-refractivity contribution in [3.63, 3.8) is 0 Å². The van der Waals surface area contributed by atoms with Crippen LogP contribution in [-0.4, -0.2) is 105 Å². The lowest BCUT2D eigenvalue weighted by Crippen LogP contribution is -2.54. The smallest absolute Gasteiger partial charge is 0.264 e. The number of anilines is 1. The SMILES string of the molecule is CCO[C@H](C)COCc1ccc([C@H]2C[C@@H](COS(C)(=O)=O)N(S(=O)(=O)c3ccc(C)cc3)C[C@@H]2OCc2ccc3c(c2)N(CCCOC)CCO3)cc1. The molecule has 0 aliphatic carbocycles. The van der Waals surface area contributed by atoms with Crippen LogP contribution in [0.3, 0.4) is 0 Å². The van der Waals surface area contributed by atoms with E-state index in [9.17, 15) is 16.8 Å². The molecule has 4 atom stereocenters. The van der Waals surface area contributed by atoms with Gasteiger partial charge >= 0.3 is 0 Å². The number of methoxy groups -OCH3 is 1. The second-order valence-corrected chi connectivity index (χ2v) is 17.3. The molecule has 0 radical (unpaired) electrons. The Hall–Kier alpha value is -3.08. The van der Waals surface area contributed by atoms with Crippen molar-refractivity contribution in [2.45, 2.75) is 75.9 Å². The van der Waals surface area contributed by atoms with Crippen molar-refractivity contribution in [2.24, 2.45) is 0 Å². The van der Waals surface area contributed by atoms with Crippen LogP contribution in [0.2, 0.25) is 0 Å². The number of ether oxygens (including phenoxy) is 5. The van der Waals surface area contributed by atoms with Gasteiger partial charge in [-0.15, -0.1) is 0 Å². The van der Waals surface area contributed by atoms with E-state index >= 15 is 0 Å². The second kappa shape index (κ2) is 19.0. The molecule has 0 unspecified atom stereocenters.